The van der Waals surface area contributed by atoms with E-state index in [1.54, 1.807) is 0 Å². The number of unbranched alkanes of at least 4 members (excludes halogenated alkanes) is 22. The fraction of sp³-hybridized carbons (Fsp3) is 0.630. The van der Waals surface area contributed by atoms with Gasteiger partial charge >= 0.3 is 17.9 Å². The summed E-state index contributed by atoms with van der Waals surface area (Å²) >= 11 is 0. The second-order valence-corrected chi connectivity index (χ2v) is 20.9. The zero-order valence-electron chi connectivity index (χ0n) is 51.1. The smallest absolute Gasteiger partial charge is 0.306 e. The summed E-state index contributed by atoms with van der Waals surface area (Å²) in [6, 6.07) is 0. The molecule has 79 heavy (non-hydrogen) atoms. The third-order valence-corrected chi connectivity index (χ3v) is 13.3. The lowest BCUT2D eigenvalue weighted by Gasteiger charge is -2.18. The molecule has 0 fully saturated rings. The van der Waals surface area contributed by atoms with Gasteiger partial charge in [0.2, 0.25) is 0 Å². The van der Waals surface area contributed by atoms with Crippen molar-refractivity contribution in [2.24, 2.45) is 0 Å². The van der Waals surface area contributed by atoms with Crippen LogP contribution in [0.4, 0.5) is 0 Å². The summed E-state index contributed by atoms with van der Waals surface area (Å²) in [5.41, 5.74) is 0. The summed E-state index contributed by atoms with van der Waals surface area (Å²) in [6.45, 7) is 6.40. The van der Waals surface area contributed by atoms with Gasteiger partial charge in [0.15, 0.2) is 6.10 Å². The van der Waals surface area contributed by atoms with Crippen LogP contribution in [-0.4, -0.2) is 37.2 Å². The van der Waals surface area contributed by atoms with Gasteiger partial charge in [0.05, 0.1) is 0 Å². The van der Waals surface area contributed by atoms with Crippen LogP contribution in [0.15, 0.2) is 146 Å². The standard InChI is InChI=1S/C73H118O6/c1-4-7-10-13-16-19-22-25-27-29-31-32-33-34-35-36-37-38-39-40-42-43-45-48-51-54-57-60-63-66-72(75)78-69-70(68-77-71(74)65-62-59-56-53-50-47-24-21-18-15-12-9-6-3)79-73(76)67-64-61-58-55-52-49-46-44-41-30-28-26-23-20-17-14-11-8-5-2/h7,10,12,15-17,19-21,24-28,31-32,34-35,37-38,40-42,44,70H,4-6,8-9,11,13-14,18,22-23,29-30,33,36,39,43,45-69H2,1-3H3/b10-7-,15-12-,19-16-,20-17-,24-21-,27-25-,28-26-,32-31-,35-34-,38-37-,42-40-,44-41-. The molecule has 6 heteroatoms. The molecule has 0 bridgehead atoms. The molecule has 6 nitrogen and oxygen atoms in total. The maximum Gasteiger partial charge on any atom is 0.306 e. The summed E-state index contributed by atoms with van der Waals surface area (Å²) in [5.74, 6) is -0.936. The Morgan fingerprint density at radius 3 is 0.823 bits per heavy atom. The van der Waals surface area contributed by atoms with E-state index in [0.717, 1.165) is 167 Å². The fourth-order valence-corrected chi connectivity index (χ4v) is 8.47. The molecule has 0 spiro atoms. The van der Waals surface area contributed by atoms with Crippen LogP contribution in [-0.2, 0) is 28.6 Å². The number of allylic oxidation sites excluding steroid dienone is 24. The second-order valence-electron chi connectivity index (χ2n) is 20.9. The van der Waals surface area contributed by atoms with E-state index in [1.807, 2.05) is 0 Å². The first-order valence-electron chi connectivity index (χ1n) is 32.3. The zero-order valence-corrected chi connectivity index (χ0v) is 51.1. The Bertz CT molecular complexity index is 1730. The molecule has 0 aliphatic carbocycles. The van der Waals surface area contributed by atoms with E-state index >= 15 is 0 Å². The number of esters is 3. The number of ether oxygens (including phenoxy) is 3. The minimum atomic E-state index is -0.803. The summed E-state index contributed by atoms with van der Waals surface area (Å²) in [5, 5.41) is 0. The highest BCUT2D eigenvalue weighted by atomic mass is 16.6. The molecule has 0 amide bonds. The van der Waals surface area contributed by atoms with Gasteiger partial charge in [0.1, 0.15) is 13.2 Å². The van der Waals surface area contributed by atoms with E-state index in [2.05, 4.69) is 167 Å². The van der Waals surface area contributed by atoms with Gasteiger partial charge in [-0.15, -0.1) is 0 Å². The highest BCUT2D eigenvalue weighted by molar-refractivity contribution is 5.71. The number of carbonyl (C=O) groups excluding carboxylic acids is 3. The van der Waals surface area contributed by atoms with Gasteiger partial charge in [-0.2, -0.15) is 0 Å². The minimum absolute atomic E-state index is 0.0988. The highest BCUT2D eigenvalue weighted by Gasteiger charge is 2.19. The quantitative estimate of drug-likeness (QED) is 0.0261. The molecule has 1 unspecified atom stereocenters. The Balaban J connectivity index is 4.39. The molecule has 0 aliphatic heterocycles. The van der Waals surface area contributed by atoms with E-state index in [0.29, 0.717) is 19.3 Å². The average Bonchev–Trinajstić information content (AvgIpc) is 3.45. The highest BCUT2D eigenvalue weighted by Crippen LogP contribution is 2.14. The topological polar surface area (TPSA) is 78.9 Å². The molecule has 1 atom stereocenters. The molecular formula is C73H118O6. The first-order valence-corrected chi connectivity index (χ1v) is 32.3. The largest absolute Gasteiger partial charge is 0.462 e. The van der Waals surface area contributed by atoms with Gasteiger partial charge in [-0.25, -0.2) is 0 Å². The average molecular weight is 1090 g/mol. The van der Waals surface area contributed by atoms with Crippen LogP contribution in [0.2, 0.25) is 0 Å². The first kappa shape index (κ1) is 74.3. The molecule has 0 saturated carbocycles. The van der Waals surface area contributed by atoms with E-state index in [1.165, 1.54) is 70.6 Å². The predicted molar refractivity (Wildman–Crippen MR) is 343 cm³/mol. The van der Waals surface area contributed by atoms with Crippen LogP contribution in [0.1, 0.15) is 278 Å². The van der Waals surface area contributed by atoms with Gasteiger partial charge in [-0.05, 0) is 141 Å². The van der Waals surface area contributed by atoms with Crippen molar-refractivity contribution in [3.05, 3.63) is 146 Å². The summed E-state index contributed by atoms with van der Waals surface area (Å²) in [4.78, 5) is 38.3. The van der Waals surface area contributed by atoms with Gasteiger partial charge < -0.3 is 14.2 Å². The number of rotatable bonds is 57. The Hall–Kier alpha value is -4.71. The van der Waals surface area contributed by atoms with Crippen molar-refractivity contribution < 1.29 is 28.6 Å². The molecule has 446 valence electrons. The Kier molecular flexibility index (Phi) is 61.9. The monoisotopic (exact) mass is 1090 g/mol. The normalized spacial score (nSPS) is 13.1. The fourth-order valence-electron chi connectivity index (χ4n) is 8.47. The zero-order chi connectivity index (χ0) is 57.1. The van der Waals surface area contributed by atoms with E-state index in [-0.39, 0.29) is 31.1 Å². The molecule has 0 radical (unpaired) electrons. The molecule has 0 N–H and O–H groups in total. The number of hydrogen-bond donors (Lipinski definition) is 0. The summed E-state index contributed by atoms with van der Waals surface area (Å²) < 4.78 is 16.9. The number of carbonyl (C=O) groups is 3. The van der Waals surface area contributed by atoms with Crippen molar-refractivity contribution in [2.75, 3.05) is 13.2 Å². The number of hydrogen-bond acceptors (Lipinski definition) is 6. The second kappa shape index (κ2) is 65.8. The maximum atomic E-state index is 12.9. The van der Waals surface area contributed by atoms with Gasteiger partial charge in [0, 0.05) is 19.3 Å². The molecule has 0 aromatic carbocycles. The van der Waals surface area contributed by atoms with Crippen LogP contribution in [0.5, 0.6) is 0 Å². The van der Waals surface area contributed by atoms with Crippen molar-refractivity contribution in [1.29, 1.82) is 0 Å². The summed E-state index contributed by atoms with van der Waals surface area (Å²) in [6.07, 6.45) is 94.2. The maximum absolute atomic E-state index is 12.9. The molecule has 0 heterocycles. The third-order valence-electron chi connectivity index (χ3n) is 13.3. The van der Waals surface area contributed by atoms with Gasteiger partial charge in [-0.3, -0.25) is 14.4 Å². The Morgan fingerprint density at radius 1 is 0.266 bits per heavy atom. The van der Waals surface area contributed by atoms with Crippen molar-refractivity contribution in [3.8, 4) is 0 Å². The lowest BCUT2D eigenvalue weighted by atomic mass is 10.1. The van der Waals surface area contributed by atoms with Crippen molar-refractivity contribution >= 4 is 17.9 Å². The van der Waals surface area contributed by atoms with Crippen LogP contribution in [0, 0.1) is 0 Å². The van der Waals surface area contributed by atoms with Crippen molar-refractivity contribution in [1.82, 2.24) is 0 Å². The SMILES string of the molecule is CC/C=C\C/C=C\C/C=C\C/C=C\C/C=C\C/C=C\C/C=C\CCCCCCCCCC(=O)OCC(COC(=O)CCCCCCC/C=C\C/C=C\CCC)OC(=O)CCCCCCCC/C=C\C/C=C\C/C=C\CCCCC. The molecule has 0 aliphatic rings. The van der Waals surface area contributed by atoms with Crippen molar-refractivity contribution in [3.63, 3.8) is 0 Å². The van der Waals surface area contributed by atoms with E-state index < -0.39 is 6.10 Å². The minimum Gasteiger partial charge on any atom is -0.462 e. The van der Waals surface area contributed by atoms with Crippen LogP contribution < -0.4 is 0 Å². The predicted octanol–water partition coefficient (Wildman–Crippen LogP) is 22.3. The van der Waals surface area contributed by atoms with Gasteiger partial charge in [-0.1, -0.05) is 263 Å². The van der Waals surface area contributed by atoms with Crippen LogP contribution >= 0.6 is 0 Å². The molecular weight excluding hydrogens is 973 g/mol. The molecule has 0 rings (SSSR count). The van der Waals surface area contributed by atoms with Crippen molar-refractivity contribution in [2.45, 2.75) is 284 Å². The van der Waals surface area contributed by atoms with Crippen LogP contribution in [0.25, 0.3) is 0 Å². The molecule has 0 saturated heterocycles. The lowest BCUT2D eigenvalue weighted by Crippen LogP contribution is -2.30. The molecule has 0 aromatic rings. The van der Waals surface area contributed by atoms with E-state index in [4.69, 9.17) is 14.2 Å². The Morgan fingerprint density at radius 2 is 0.519 bits per heavy atom. The van der Waals surface area contributed by atoms with Gasteiger partial charge in [0.25, 0.3) is 0 Å². The lowest BCUT2D eigenvalue weighted by molar-refractivity contribution is -0.167. The molecule has 0 aromatic heterocycles. The first-order chi connectivity index (χ1) is 39.0. The third kappa shape index (κ3) is 64.0. The Labute approximate surface area is 487 Å². The summed E-state index contributed by atoms with van der Waals surface area (Å²) in [7, 11) is 0. The van der Waals surface area contributed by atoms with E-state index in [9.17, 15) is 14.4 Å². The van der Waals surface area contributed by atoms with Crippen LogP contribution in [0.3, 0.4) is 0 Å².